The quantitative estimate of drug-likeness (QED) is 0.618. The Morgan fingerprint density at radius 2 is 1.78 bits per heavy atom. The van der Waals surface area contributed by atoms with Gasteiger partial charge in [0.1, 0.15) is 11.4 Å². The van der Waals surface area contributed by atoms with E-state index in [0.29, 0.717) is 11.3 Å². The van der Waals surface area contributed by atoms with Crippen LogP contribution in [0.2, 0.25) is 0 Å². The highest BCUT2D eigenvalue weighted by Crippen LogP contribution is 2.40. The van der Waals surface area contributed by atoms with Crippen molar-refractivity contribution in [2.75, 3.05) is 24.7 Å². The molecular formula is C15H16N2O5S. The van der Waals surface area contributed by atoms with Crippen molar-refractivity contribution < 1.29 is 18.1 Å². The average molecular weight is 336 g/mol. The molecule has 0 aliphatic rings. The van der Waals surface area contributed by atoms with Crippen molar-refractivity contribution in [3.8, 4) is 16.9 Å². The lowest BCUT2D eigenvalue weighted by Crippen LogP contribution is -2.25. The second-order valence-corrected chi connectivity index (χ2v) is 6.91. The second kappa shape index (κ2) is 6.25. The van der Waals surface area contributed by atoms with E-state index < -0.39 is 14.9 Å². The Morgan fingerprint density at radius 3 is 2.26 bits per heavy atom. The Morgan fingerprint density at radius 1 is 1.17 bits per heavy atom. The number of hydrogen-bond donors (Lipinski definition) is 0. The molecule has 0 radical (unpaired) electrons. The highest BCUT2D eigenvalue weighted by molar-refractivity contribution is 7.92. The van der Waals surface area contributed by atoms with Gasteiger partial charge < -0.3 is 4.74 Å². The molecule has 2 rings (SSSR count). The fourth-order valence-electron chi connectivity index (χ4n) is 2.15. The predicted octanol–water partition coefficient (Wildman–Crippen LogP) is 2.67. The number of hydrogen-bond acceptors (Lipinski definition) is 5. The van der Waals surface area contributed by atoms with Gasteiger partial charge in [-0.3, -0.25) is 14.4 Å². The van der Waals surface area contributed by atoms with E-state index in [1.807, 2.05) is 6.07 Å². The number of ether oxygens (including phenoxy) is 1. The summed E-state index contributed by atoms with van der Waals surface area (Å²) >= 11 is 0. The Kier molecular flexibility index (Phi) is 4.55. The predicted molar refractivity (Wildman–Crippen MR) is 88.3 cm³/mol. The summed E-state index contributed by atoms with van der Waals surface area (Å²) in [6.45, 7) is 0. The van der Waals surface area contributed by atoms with Gasteiger partial charge in [0.2, 0.25) is 10.0 Å². The van der Waals surface area contributed by atoms with Crippen molar-refractivity contribution in [1.82, 2.24) is 0 Å². The molecule has 23 heavy (non-hydrogen) atoms. The molecule has 7 nitrogen and oxygen atoms in total. The van der Waals surface area contributed by atoms with E-state index >= 15 is 0 Å². The van der Waals surface area contributed by atoms with Gasteiger partial charge in [0.15, 0.2) is 0 Å². The highest BCUT2D eigenvalue weighted by atomic mass is 32.2. The lowest BCUT2D eigenvalue weighted by Gasteiger charge is -2.19. The number of nitrogens with zero attached hydrogens (tertiary/aromatic N) is 2. The number of nitro groups is 1. The molecular weight excluding hydrogens is 320 g/mol. The molecule has 0 spiro atoms. The zero-order chi connectivity index (χ0) is 17.2. The Labute approximate surface area is 134 Å². The molecule has 122 valence electrons. The maximum atomic E-state index is 11.7. The minimum absolute atomic E-state index is 0.0472. The van der Waals surface area contributed by atoms with Crippen LogP contribution in [-0.4, -0.2) is 33.8 Å². The van der Waals surface area contributed by atoms with Crippen molar-refractivity contribution in [2.24, 2.45) is 0 Å². The molecule has 0 aliphatic heterocycles. The summed E-state index contributed by atoms with van der Waals surface area (Å²) < 4.78 is 29.6. The van der Waals surface area contributed by atoms with Crippen LogP contribution in [0.5, 0.6) is 5.75 Å². The molecule has 0 amide bonds. The van der Waals surface area contributed by atoms with Crippen LogP contribution >= 0.6 is 0 Å². The maximum Gasteiger partial charge on any atom is 0.294 e. The Hall–Kier alpha value is -2.61. The Bertz CT molecular complexity index is 834. The molecule has 0 N–H and O–H groups in total. The summed E-state index contributed by atoms with van der Waals surface area (Å²) in [6.07, 6.45) is 0.980. The monoisotopic (exact) mass is 336 g/mol. The minimum Gasteiger partial charge on any atom is -0.496 e. The van der Waals surface area contributed by atoms with Gasteiger partial charge in [0, 0.05) is 24.7 Å². The molecule has 0 aromatic heterocycles. The van der Waals surface area contributed by atoms with E-state index in [1.54, 1.807) is 24.3 Å². The SMILES string of the molecule is COc1cc(N(C)S(C)(=O)=O)c([N+](=O)[O-])cc1-c1ccccc1. The molecule has 8 heteroatoms. The summed E-state index contributed by atoms with van der Waals surface area (Å²) in [7, 11) is -0.949. The Balaban J connectivity index is 2.74. The molecule has 2 aromatic carbocycles. The van der Waals surface area contributed by atoms with Gasteiger partial charge in [-0.1, -0.05) is 30.3 Å². The third-order valence-electron chi connectivity index (χ3n) is 3.41. The van der Waals surface area contributed by atoms with Gasteiger partial charge in [0.25, 0.3) is 5.69 Å². The number of sulfonamides is 1. The van der Waals surface area contributed by atoms with Crippen LogP contribution < -0.4 is 9.04 Å². The van der Waals surface area contributed by atoms with Crippen molar-refractivity contribution in [3.05, 3.63) is 52.6 Å². The van der Waals surface area contributed by atoms with Gasteiger partial charge in [0.05, 0.1) is 18.3 Å². The second-order valence-electron chi connectivity index (χ2n) is 4.89. The molecule has 0 unspecified atom stereocenters. The van der Waals surface area contributed by atoms with Crippen LogP contribution in [0.25, 0.3) is 11.1 Å². The van der Waals surface area contributed by atoms with Gasteiger partial charge in [-0.15, -0.1) is 0 Å². The summed E-state index contributed by atoms with van der Waals surface area (Å²) in [5, 5.41) is 11.4. The molecule has 0 saturated heterocycles. The van der Waals surface area contributed by atoms with Crippen LogP contribution in [0.4, 0.5) is 11.4 Å². The van der Waals surface area contributed by atoms with Crippen molar-refractivity contribution in [1.29, 1.82) is 0 Å². The van der Waals surface area contributed by atoms with Gasteiger partial charge >= 0.3 is 0 Å². The summed E-state index contributed by atoms with van der Waals surface area (Å²) in [4.78, 5) is 10.8. The zero-order valence-corrected chi connectivity index (χ0v) is 13.7. The molecule has 0 bridgehead atoms. The maximum absolute atomic E-state index is 11.7. The third kappa shape index (κ3) is 3.42. The van der Waals surface area contributed by atoms with Crippen LogP contribution in [0, 0.1) is 10.1 Å². The van der Waals surface area contributed by atoms with Gasteiger partial charge in [-0.05, 0) is 5.56 Å². The first kappa shape index (κ1) is 16.8. The number of rotatable bonds is 5. The van der Waals surface area contributed by atoms with E-state index in [9.17, 15) is 18.5 Å². The lowest BCUT2D eigenvalue weighted by molar-refractivity contribution is -0.384. The normalized spacial score (nSPS) is 11.1. The van der Waals surface area contributed by atoms with Crippen LogP contribution in [0.3, 0.4) is 0 Å². The molecule has 0 fully saturated rings. The van der Waals surface area contributed by atoms with Crippen LogP contribution in [-0.2, 0) is 10.0 Å². The molecule has 0 heterocycles. The summed E-state index contributed by atoms with van der Waals surface area (Å²) in [5.74, 6) is 0.354. The number of methoxy groups -OCH3 is 1. The summed E-state index contributed by atoms with van der Waals surface area (Å²) in [6, 6.07) is 11.7. The van der Waals surface area contributed by atoms with Gasteiger partial charge in [-0.2, -0.15) is 0 Å². The third-order valence-corrected chi connectivity index (χ3v) is 4.61. The number of anilines is 1. The first-order chi connectivity index (χ1) is 10.8. The molecule has 2 aromatic rings. The topological polar surface area (TPSA) is 89.8 Å². The molecule has 0 saturated carbocycles. The average Bonchev–Trinajstić information content (AvgIpc) is 2.52. The van der Waals surface area contributed by atoms with E-state index in [-0.39, 0.29) is 11.4 Å². The highest BCUT2D eigenvalue weighted by Gasteiger charge is 2.26. The summed E-state index contributed by atoms with van der Waals surface area (Å²) in [5.41, 5.74) is 0.901. The first-order valence-corrected chi connectivity index (χ1v) is 8.46. The van der Waals surface area contributed by atoms with Crippen LogP contribution in [0.1, 0.15) is 0 Å². The van der Waals surface area contributed by atoms with Crippen LogP contribution in [0.15, 0.2) is 42.5 Å². The van der Waals surface area contributed by atoms with E-state index in [2.05, 4.69) is 0 Å². The van der Waals surface area contributed by atoms with Gasteiger partial charge in [-0.25, -0.2) is 8.42 Å². The van der Waals surface area contributed by atoms with Crippen molar-refractivity contribution in [3.63, 3.8) is 0 Å². The van der Waals surface area contributed by atoms with E-state index in [1.165, 1.54) is 26.3 Å². The molecule has 0 atom stereocenters. The van der Waals surface area contributed by atoms with E-state index in [4.69, 9.17) is 4.74 Å². The zero-order valence-electron chi connectivity index (χ0n) is 12.9. The lowest BCUT2D eigenvalue weighted by atomic mass is 10.0. The minimum atomic E-state index is -3.64. The van der Waals surface area contributed by atoms with Crippen molar-refractivity contribution in [2.45, 2.75) is 0 Å². The smallest absolute Gasteiger partial charge is 0.294 e. The number of nitro benzene ring substituents is 1. The standard InChI is InChI=1S/C15H16N2O5S/c1-16(23(3,20)21)13-10-15(22-2)12(9-14(13)17(18)19)11-7-5-4-6-8-11/h4-10H,1-3H3. The molecule has 0 aliphatic carbocycles. The van der Waals surface area contributed by atoms with Crippen molar-refractivity contribution >= 4 is 21.4 Å². The largest absolute Gasteiger partial charge is 0.496 e. The fourth-order valence-corrected chi connectivity index (χ4v) is 2.65. The number of benzene rings is 2. The fraction of sp³-hybridized carbons (Fsp3) is 0.200. The van der Waals surface area contributed by atoms with E-state index in [0.717, 1.165) is 16.1 Å². The first-order valence-electron chi connectivity index (χ1n) is 6.61.